The predicted molar refractivity (Wildman–Crippen MR) is 71.7 cm³/mol. The number of hydrogen-bond donors (Lipinski definition) is 0. The van der Waals surface area contributed by atoms with Gasteiger partial charge in [0, 0.05) is 13.1 Å². The molecule has 20 heavy (non-hydrogen) atoms. The summed E-state index contributed by atoms with van der Waals surface area (Å²) in [5.74, 6) is 0. The number of hydrazine groups is 1. The van der Waals surface area contributed by atoms with E-state index in [1.54, 1.807) is 6.92 Å². The van der Waals surface area contributed by atoms with Crippen molar-refractivity contribution in [2.24, 2.45) is 0 Å². The van der Waals surface area contributed by atoms with Crippen LogP contribution in [0.1, 0.15) is 18.9 Å². The Hall–Kier alpha value is -2.24. The molecule has 6 heteroatoms. The zero-order valence-electron chi connectivity index (χ0n) is 11.4. The van der Waals surface area contributed by atoms with Gasteiger partial charge in [0.2, 0.25) is 0 Å². The molecule has 1 saturated heterocycles. The fourth-order valence-corrected chi connectivity index (χ4v) is 1.98. The fourth-order valence-electron chi connectivity index (χ4n) is 1.98. The number of amides is 2. The standard InChI is InChI=1S/C14H18N2O4/c1-2-19-13(17)15-9-6-10-16(15)14(18)20-11-12-7-4-3-5-8-12/h3-5,7-8H,2,6,9-11H2,1H3. The lowest BCUT2D eigenvalue weighted by molar-refractivity contribution is 0.00540. The molecule has 0 atom stereocenters. The maximum absolute atomic E-state index is 12.0. The van der Waals surface area contributed by atoms with E-state index in [9.17, 15) is 9.59 Å². The van der Waals surface area contributed by atoms with Crippen LogP contribution in [-0.2, 0) is 16.1 Å². The van der Waals surface area contributed by atoms with E-state index in [1.807, 2.05) is 30.3 Å². The van der Waals surface area contributed by atoms with Gasteiger partial charge in [-0.25, -0.2) is 19.6 Å². The Kier molecular flexibility index (Phi) is 4.81. The van der Waals surface area contributed by atoms with Crippen LogP contribution in [0.3, 0.4) is 0 Å². The molecule has 6 nitrogen and oxygen atoms in total. The van der Waals surface area contributed by atoms with Crippen molar-refractivity contribution >= 4 is 12.2 Å². The lowest BCUT2D eigenvalue weighted by Gasteiger charge is -2.26. The summed E-state index contributed by atoms with van der Waals surface area (Å²) in [7, 11) is 0. The molecule has 0 radical (unpaired) electrons. The first-order valence-corrected chi connectivity index (χ1v) is 6.64. The van der Waals surface area contributed by atoms with Crippen molar-refractivity contribution in [3.05, 3.63) is 35.9 Å². The second kappa shape index (κ2) is 6.79. The molecule has 1 aromatic carbocycles. The van der Waals surface area contributed by atoms with Gasteiger partial charge in [0.05, 0.1) is 6.61 Å². The third kappa shape index (κ3) is 3.40. The van der Waals surface area contributed by atoms with Crippen molar-refractivity contribution in [1.82, 2.24) is 10.0 Å². The minimum absolute atomic E-state index is 0.187. The monoisotopic (exact) mass is 278 g/mol. The van der Waals surface area contributed by atoms with E-state index in [0.29, 0.717) is 13.1 Å². The minimum Gasteiger partial charge on any atom is -0.448 e. The van der Waals surface area contributed by atoms with E-state index in [2.05, 4.69) is 0 Å². The van der Waals surface area contributed by atoms with Gasteiger partial charge in [-0.2, -0.15) is 0 Å². The quantitative estimate of drug-likeness (QED) is 0.852. The normalized spacial score (nSPS) is 14.2. The van der Waals surface area contributed by atoms with Crippen LogP contribution in [-0.4, -0.2) is 41.9 Å². The minimum atomic E-state index is -0.528. The third-order valence-corrected chi connectivity index (χ3v) is 2.93. The zero-order chi connectivity index (χ0) is 14.4. The Balaban J connectivity index is 1.89. The topological polar surface area (TPSA) is 59.1 Å². The molecule has 108 valence electrons. The number of carbonyl (C=O) groups excluding carboxylic acids is 2. The average Bonchev–Trinajstić information content (AvgIpc) is 2.96. The highest BCUT2D eigenvalue weighted by Gasteiger charge is 2.32. The van der Waals surface area contributed by atoms with Crippen LogP contribution in [0, 0.1) is 0 Å². The van der Waals surface area contributed by atoms with Crippen molar-refractivity contribution in [1.29, 1.82) is 0 Å². The van der Waals surface area contributed by atoms with Crippen molar-refractivity contribution in [2.75, 3.05) is 19.7 Å². The van der Waals surface area contributed by atoms with Crippen LogP contribution in [0.15, 0.2) is 30.3 Å². The smallest absolute Gasteiger partial charge is 0.429 e. The molecule has 2 amide bonds. The highest BCUT2D eigenvalue weighted by Crippen LogP contribution is 2.14. The van der Waals surface area contributed by atoms with E-state index < -0.39 is 12.2 Å². The van der Waals surface area contributed by atoms with Crippen LogP contribution in [0.4, 0.5) is 9.59 Å². The van der Waals surface area contributed by atoms with E-state index in [4.69, 9.17) is 9.47 Å². The van der Waals surface area contributed by atoms with Gasteiger partial charge in [0.15, 0.2) is 0 Å². The first-order chi connectivity index (χ1) is 9.72. The second-order valence-corrected chi connectivity index (χ2v) is 4.34. The summed E-state index contributed by atoms with van der Waals surface area (Å²) in [6.45, 7) is 3.13. The molecule has 0 aromatic heterocycles. The lowest BCUT2D eigenvalue weighted by Crippen LogP contribution is -2.45. The Morgan fingerprint density at radius 2 is 1.65 bits per heavy atom. The molecule has 1 aliphatic rings. The molecular formula is C14H18N2O4. The maximum atomic E-state index is 12.0. The SMILES string of the molecule is CCOC(=O)N1CCCN1C(=O)OCc1ccccc1. The molecule has 0 spiro atoms. The molecule has 0 bridgehead atoms. The highest BCUT2D eigenvalue weighted by molar-refractivity contribution is 5.74. The number of ether oxygens (including phenoxy) is 2. The van der Waals surface area contributed by atoms with Gasteiger partial charge >= 0.3 is 12.2 Å². The molecule has 0 unspecified atom stereocenters. The van der Waals surface area contributed by atoms with Gasteiger partial charge in [-0.1, -0.05) is 30.3 Å². The molecule has 1 fully saturated rings. The van der Waals surface area contributed by atoms with Crippen LogP contribution < -0.4 is 0 Å². The predicted octanol–water partition coefficient (Wildman–Crippen LogP) is 2.40. The number of nitrogens with zero attached hydrogens (tertiary/aromatic N) is 2. The number of hydrogen-bond acceptors (Lipinski definition) is 4. The lowest BCUT2D eigenvalue weighted by atomic mass is 10.2. The summed E-state index contributed by atoms with van der Waals surface area (Å²) in [5.41, 5.74) is 0.905. The second-order valence-electron chi connectivity index (χ2n) is 4.34. The maximum Gasteiger partial charge on any atom is 0.429 e. The van der Waals surface area contributed by atoms with Gasteiger partial charge in [-0.05, 0) is 18.9 Å². The zero-order valence-corrected chi connectivity index (χ0v) is 11.4. The van der Waals surface area contributed by atoms with Crippen molar-refractivity contribution < 1.29 is 19.1 Å². The summed E-state index contributed by atoms with van der Waals surface area (Å²) < 4.78 is 10.1. The van der Waals surface area contributed by atoms with E-state index >= 15 is 0 Å². The third-order valence-electron chi connectivity index (χ3n) is 2.93. The first-order valence-electron chi connectivity index (χ1n) is 6.64. The molecule has 1 aliphatic heterocycles. The fraction of sp³-hybridized carbons (Fsp3) is 0.429. The van der Waals surface area contributed by atoms with E-state index in [1.165, 1.54) is 10.0 Å². The van der Waals surface area contributed by atoms with Gasteiger partial charge in [0.25, 0.3) is 0 Å². The molecule has 1 heterocycles. The van der Waals surface area contributed by atoms with Gasteiger partial charge in [-0.15, -0.1) is 0 Å². The average molecular weight is 278 g/mol. The van der Waals surface area contributed by atoms with Gasteiger partial charge < -0.3 is 9.47 Å². The van der Waals surface area contributed by atoms with Crippen molar-refractivity contribution in [3.8, 4) is 0 Å². The number of rotatable bonds is 3. The van der Waals surface area contributed by atoms with Crippen LogP contribution in [0.2, 0.25) is 0 Å². The van der Waals surface area contributed by atoms with Gasteiger partial charge in [0.1, 0.15) is 6.61 Å². The molecule has 0 saturated carbocycles. The molecule has 2 rings (SSSR count). The Morgan fingerprint density at radius 1 is 1.05 bits per heavy atom. The van der Waals surface area contributed by atoms with Crippen molar-refractivity contribution in [3.63, 3.8) is 0 Å². The molecular weight excluding hydrogens is 260 g/mol. The van der Waals surface area contributed by atoms with Crippen molar-refractivity contribution in [2.45, 2.75) is 20.0 Å². The molecule has 0 aliphatic carbocycles. The van der Waals surface area contributed by atoms with E-state index in [0.717, 1.165) is 12.0 Å². The Morgan fingerprint density at radius 3 is 2.25 bits per heavy atom. The first kappa shape index (κ1) is 14.2. The number of benzene rings is 1. The summed E-state index contributed by atoms with van der Waals surface area (Å²) in [6, 6.07) is 9.41. The number of carbonyl (C=O) groups is 2. The Bertz CT molecular complexity index is 464. The van der Waals surface area contributed by atoms with Crippen LogP contribution in [0.25, 0.3) is 0 Å². The van der Waals surface area contributed by atoms with Crippen LogP contribution >= 0.6 is 0 Å². The largest absolute Gasteiger partial charge is 0.448 e. The summed E-state index contributed by atoms with van der Waals surface area (Å²) >= 11 is 0. The van der Waals surface area contributed by atoms with E-state index in [-0.39, 0.29) is 13.2 Å². The highest BCUT2D eigenvalue weighted by atomic mass is 16.6. The summed E-state index contributed by atoms with van der Waals surface area (Å²) in [6.07, 6.45) is -0.319. The summed E-state index contributed by atoms with van der Waals surface area (Å²) in [5, 5.41) is 2.58. The summed E-state index contributed by atoms with van der Waals surface area (Å²) in [4.78, 5) is 23.7. The molecule has 0 N–H and O–H groups in total. The van der Waals surface area contributed by atoms with Crippen LogP contribution in [0.5, 0.6) is 0 Å². The molecule has 1 aromatic rings. The van der Waals surface area contributed by atoms with Gasteiger partial charge in [-0.3, -0.25) is 0 Å². The Labute approximate surface area is 117 Å².